The Morgan fingerprint density at radius 2 is 1.32 bits per heavy atom. The van der Waals surface area contributed by atoms with E-state index in [0.29, 0.717) is 0 Å². The molecule has 0 bridgehead atoms. The number of nitrogens with one attached hydrogen (secondary N) is 2. The molecule has 2 N–H and O–H groups in total. The van der Waals surface area contributed by atoms with Gasteiger partial charge in [0.25, 0.3) is 0 Å². The van der Waals surface area contributed by atoms with E-state index in [-0.39, 0.29) is 0 Å². The molecule has 0 fully saturated rings. The van der Waals surface area contributed by atoms with E-state index in [4.69, 9.17) is 0 Å². The second kappa shape index (κ2) is 7.20. The zero-order chi connectivity index (χ0) is 20.8. The largest absolute Gasteiger partial charge is 0.368 e. The number of hydrogen-bond donors (Lipinski definition) is 2. The summed E-state index contributed by atoms with van der Waals surface area (Å²) in [5, 5.41) is 10.5. The summed E-state index contributed by atoms with van der Waals surface area (Å²) in [5.74, 6) is 1.98. The number of fused-ring (bicyclic) bond motifs is 3. The molecule has 0 amide bonds. The smallest absolute Gasteiger partial charge is 0.220 e. The lowest BCUT2D eigenvalue weighted by Crippen LogP contribution is -2.33. The molecule has 0 unspecified atom stereocenters. The molecule has 3 heterocycles. The average Bonchev–Trinajstić information content (AvgIpc) is 3.54. The first-order valence-corrected chi connectivity index (χ1v) is 10.8. The Bertz CT molecular complexity index is 1390. The van der Waals surface area contributed by atoms with Crippen LogP contribution in [0.4, 0.5) is 0 Å². The Morgan fingerprint density at radius 3 is 1.97 bits per heavy atom. The van der Waals surface area contributed by atoms with Crippen LogP contribution < -0.4 is 15.2 Å². The number of pyridine rings is 1. The van der Waals surface area contributed by atoms with E-state index < -0.39 is 0 Å². The fourth-order valence-corrected chi connectivity index (χ4v) is 4.74. The molecule has 0 atom stereocenters. The number of aliphatic imine (C=N–C) groups is 2. The van der Waals surface area contributed by atoms with Gasteiger partial charge in [0, 0.05) is 41.2 Å². The van der Waals surface area contributed by atoms with Crippen molar-refractivity contribution in [2.45, 2.75) is 0 Å². The highest BCUT2D eigenvalue weighted by atomic mass is 15.1. The molecule has 152 valence electrons. The number of benzene rings is 3. The number of hydrogen-bond acceptors (Lipinski definition) is 4. The molecule has 3 aromatic carbocycles. The summed E-state index contributed by atoms with van der Waals surface area (Å²) < 4.78 is 2.32. The van der Waals surface area contributed by atoms with Gasteiger partial charge in [0.1, 0.15) is 18.7 Å². The van der Waals surface area contributed by atoms with Crippen molar-refractivity contribution in [2.24, 2.45) is 17.0 Å². The number of nitrogens with zero attached hydrogens (tertiary/aromatic N) is 3. The maximum Gasteiger partial charge on any atom is 0.220 e. The molecule has 0 radical (unpaired) electrons. The van der Waals surface area contributed by atoms with Crippen LogP contribution in [0.2, 0.25) is 0 Å². The highest BCUT2D eigenvalue weighted by molar-refractivity contribution is 6.13. The van der Waals surface area contributed by atoms with Gasteiger partial charge in [-0.15, -0.1) is 0 Å². The molecule has 0 saturated heterocycles. The van der Waals surface area contributed by atoms with E-state index in [1.807, 2.05) is 0 Å². The Hall–Kier alpha value is -3.73. The van der Waals surface area contributed by atoms with E-state index in [9.17, 15) is 0 Å². The van der Waals surface area contributed by atoms with Gasteiger partial charge in [-0.3, -0.25) is 9.98 Å². The van der Waals surface area contributed by atoms with Gasteiger partial charge in [-0.05, 0) is 24.3 Å². The van der Waals surface area contributed by atoms with Crippen LogP contribution >= 0.6 is 0 Å². The molecule has 1 aromatic heterocycles. The zero-order valence-electron chi connectivity index (χ0n) is 17.5. The van der Waals surface area contributed by atoms with Crippen LogP contribution in [0.25, 0.3) is 32.9 Å². The molecular formula is C26H24N5+. The third kappa shape index (κ3) is 2.96. The maximum absolute atomic E-state index is 4.63. The summed E-state index contributed by atoms with van der Waals surface area (Å²) in [4.78, 5) is 9.25. The average molecular weight is 407 g/mol. The lowest BCUT2D eigenvalue weighted by Gasteiger charge is -2.12. The lowest BCUT2D eigenvalue weighted by atomic mass is 9.96. The molecule has 2 aliphatic rings. The van der Waals surface area contributed by atoms with Crippen LogP contribution in [0.3, 0.4) is 0 Å². The molecule has 5 heteroatoms. The normalized spacial score (nSPS) is 15.6. The molecule has 4 aromatic rings. The first-order chi connectivity index (χ1) is 15.3. The molecule has 0 aliphatic carbocycles. The molecule has 31 heavy (non-hydrogen) atoms. The molecule has 6 rings (SSSR count). The van der Waals surface area contributed by atoms with Crippen LogP contribution in [0.5, 0.6) is 0 Å². The maximum atomic E-state index is 4.63. The third-order valence-electron chi connectivity index (χ3n) is 6.20. The summed E-state index contributed by atoms with van der Waals surface area (Å²) in [6.07, 6.45) is 0. The second-order valence-corrected chi connectivity index (χ2v) is 8.08. The predicted molar refractivity (Wildman–Crippen MR) is 127 cm³/mol. The number of aromatic nitrogens is 1. The molecule has 2 aliphatic heterocycles. The van der Waals surface area contributed by atoms with Gasteiger partial charge in [0.2, 0.25) is 11.2 Å². The third-order valence-corrected chi connectivity index (χ3v) is 6.20. The van der Waals surface area contributed by atoms with Crippen molar-refractivity contribution in [3.8, 4) is 11.3 Å². The van der Waals surface area contributed by atoms with Crippen molar-refractivity contribution in [1.82, 2.24) is 10.6 Å². The minimum atomic E-state index is 0.838. The highest BCUT2D eigenvalue weighted by Gasteiger charge is 2.23. The summed E-state index contributed by atoms with van der Waals surface area (Å²) in [5.41, 5.74) is 5.89. The van der Waals surface area contributed by atoms with Crippen LogP contribution in [-0.4, -0.2) is 37.9 Å². The summed E-state index contributed by atoms with van der Waals surface area (Å²) in [6.45, 7) is 3.50. The van der Waals surface area contributed by atoms with Crippen molar-refractivity contribution < 1.29 is 4.57 Å². The zero-order valence-corrected chi connectivity index (χ0v) is 17.5. The SMILES string of the molecule is C[n+]1c(-c2ccccc2)c2cc(C3=NCCN3)ccc2c2ccc(C3=NCCN3)cc21. The van der Waals surface area contributed by atoms with Crippen molar-refractivity contribution in [3.63, 3.8) is 0 Å². The van der Waals surface area contributed by atoms with E-state index in [1.54, 1.807) is 0 Å². The van der Waals surface area contributed by atoms with Crippen LogP contribution in [-0.2, 0) is 7.05 Å². The molecule has 5 nitrogen and oxygen atoms in total. The fourth-order valence-electron chi connectivity index (χ4n) is 4.74. The van der Waals surface area contributed by atoms with Crippen molar-refractivity contribution >= 4 is 33.3 Å². The fraction of sp³-hybridized carbons (Fsp3) is 0.192. The van der Waals surface area contributed by atoms with E-state index in [1.165, 1.54) is 32.9 Å². The standard InChI is InChI=1S/C26H24N5/c1-31-23-16-19(26-29-13-14-30-26)8-10-21(23)20-9-7-18(25-27-11-12-28-25)15-22(20)24(31)17-5-3-2-4-6-17/h2-10,15-16H,11-14H2,1H3,(H,27,28)(H,29,30)/q+1. The van der Waals surface area contributed by atoms with E-state index in [0.717, 1.165) is 49.0 Å². The van der Waals surface area contributed by atoms with Gasteiger partial charge >= 0.3 is 0 Å². The van der Waals surface area contributed by atoms with Gasteiger partial charge in [-0.25, -0.2) is 0 Å². The van der Waals surface area contributed by atoms with Crippen LogP contribution in [0, 0.1) is 0 Å². The summed E-state index contributed by atoms with van der Waals surface area (Å²) >= 11 is 0. The number of rotatable bonds is 3. The van der Waals surface area contributed by atoms with E-state index in [2.05, 4.69) is 99.0 Å². The van der Waals surface area contributed by atoms with Crippen molar-refractivity contribution in [3.05, 3.63) is 77.9 Å². The van der Waals surface area contributed by atoms with Gasteiger partial charge in [0.05, 0.1) is 23.9 Å². The molecule has 0 spiro atoms. The first-order valence-electron chi connectivity index (χ1n) is 10.8. The van der Waals surface area contributed by atoms with Gasteiger partial charge in [-0.2, -0.15) is 4.57 Å². The minimum Gasteiger partial charge on any atom is -0.368 e. The number of aryl methyl sites for hydroxylation is 1. The van der Waals surface area contributed by atoms with Crippen molar-refractivity contribution in [1.29, 1.82) is 0 Å². The topological polar surface area (TPSA) is 52.7 Å². The van der Waals surface area contributed by atoms with Crippen LogP contribution in [0.1, 0.15) is 11.1 Å². The van der Waals surface area contributed by atoms with Crippen molar-refractivity contribution in [2.75, 3.05) is 26.2 Å². The Kier molecular flexibility index (Phi) is 4.20. The Balaban J connectivity index is 1.68. The monoisotopic (exact) mass is 406 g/mol. The summed E-state index contributed by atoms with van der Waals surface area (Å²) in [7, 11) is 2.16. The Morgan fingerprint density at radius 1 is 0.677 bits per heavy atom. The van der Waals surface area contributed by atoms with Crippen LogP contribution in [0.15, 0.2) is 76.7 Å². The quantitative estimate of drug-likeness (QED) is 0.406. The predicted octanol–water partition coefficient (Wildman–Crippen LogP) is 3.18. The second-order valence-electron chi connectivity index (χ2n) is 8.08. The minimum absolute atomic E-state index is 0.838. The molecular weight excluding hydrogens is 382 g/mol. The first kappa shape index (κ1) is 18.1. The van der Waals surface area contributed by atoms with Gasteiger partial charge in [-0.1, -0.05) is 36.4 Å². The van der Waals surface area contributed by atoms with E-state index >= 15 is 0 Å². The summed E-state index contributed by atoms with van der Waals surface area (Å²) in [6, 6.07) is 24.0. The molecule has 0 saturated carbocycles. The lowest BCUT2D eigenvalue weighted by molar-refractivity contribution is -0.632. The van der Waals surface area contributed by atoms with Gasteiger partial charge in [0.15, 0.2) is 0 Å². The van der Waals surface area contributed by atoms with Gasteiger partial charge < -0.3 is 10.6 Å². The number of amidine groups is 2. The highest BCUT2D eigenvalue weighted by Crippen LogP contribution is 2.32. The Labute approximate surface area is 181 Å².